The topological polar surface area (TPSA) is 61.4 Å². The van der Waals surface area contributed by atoms with Gasteiger partial charge in [-0.15, -0.1) is 0 Å². The number of fused-ring (bicyclic) bond motifs is 2. The average Bonchev–Trinajstić information content (AvgIpc) is 3.16. The summed E-state index contributed by atoms with van der Waals surface area (Å²) in [5.74, 6) is -0.578. The highest BCUT2D eigenvalue weighted by Gasteiger charge is 2.65. The third-order valence-electron chi connectivity index (χ3n) is 6.56. The molecule has 5 nitrogen and oxygen atoms in total. The Morgan fingerprint density at radius 3 is 2.28 bits per heavy atom. The van der Waals surface area contributed by atoms with Gasteiger partial charge < -0.3 is 15.5 Å². The number of nitrogens with one attached hydrogen (secondary N) is 2. The van der Waals surface area contributed by atoms with Crippen molar-refractivity contribution in [2.75, 3.05) is 19.4 Å². The van der Waals surface area contributed by atoms with E-state index in [2.05, 4.69) is 31.4 Å². The van der Waals surface area contributed by atoms with E-state index in [4.69, 9.17) is 23.2 Å². The summed E-state index contributed by atoms with van der Waals surface area (Å²) in [6, 6.07) is 12.2. The second-order valence-electron chi connectivity index (χ2n) is 10.2. The maximum Gasteiger partial charge on any atom is 0.239 e. The SMILES string of the molecule is CN(C)C(=O)[C@@H]1N[C@H](CC(C)(C)C)[C@]2(C(=O)Nc3cc(Cl)ccc32)[C@H]1c1ccc(Cl)cc1. The molecule has 0 radical (unpaired) electrons. The van der Waals surface area contributed by atoms with Gasteiger partial charge in [-0.1, -0.05) is 62.2 Å². The van der Waals surface area contributed by atoms with Gasteiger partial charge in [0.1, 0.15) is 5.41 Å². The summed E-state index contributed by atoms with van der Waals surface area (Å²) >= 11 is 12.4. The van der Waals surface area contributed by atoms with Crippen LogP contribution in [0.1, 0.15) is 44.2 Å². The van der Waals surface area contributed by atoms with Gasteiger partial charge in [0.25, 0.3) is 0 Å². The fourth-order valence-corrected chi connectivity index (χ4v) is 5.66. The van der Waals surface area contributed by atoms with Crippen LogP contribution in [0, 0.1) is 5.41 Å². The molecule has 2 amide bonds. The Balaban J connectivity index is 2.00. The fourth-order valence-electron chi connectivity index (χ4n) is 5.36. The summed E-state index contributed by atoms with van der Waals surface area (Å²) < 4.78 is 0. The molecule has 0 unspecified atom stereocenters. The molecule has 0 aromatic heterocycles. The molecule has 1 fully saturated rings. The zero-order valence-electron chi connectivity index (χ0n) is 19.0. The van der Waals surface area contributed by atoms with Gasteiger partial charge in [-0.25, -0.2) is 0 Å². The highest BCUT2D eigenvalue weighted by Crippen LogP contribution is 2.56. The molecule has 2 aromatic rings. The van der Waals surface area contributed by atoms with Crippen molar-refractivity contribution in [3.8, 4) is 0 Å². The molecule has 0 bridgehead atoms. The summed E-state index contributed by atoms with van der Waals surface area (Å²) in [7, 11) is 3.49. The Labute approximate surface area is 199 Å². The van der Waals surface area contributed by atoms with Crippen LogP contribution in [-0.4, -0.2) is 42.9 Å². The minimum atomic E-state index is -0.961. The van der Waals surface area contributed by atoms with Crippen LogP contribution in [0.2, 0.25) is 10.0 Å². The largest absolute Gasteiger partial charge is 0.347 e. The van der Waals surface area contributed by atoms with E-state index in [9.17, 15) is 9.59 Å². The average molecular weight is 474 g/mol. The Morgan fingerprint density at radius 2 is 1.69 bits per heavy atom. The predicted octanol–water partition coefficient (Wildman–Crippen LogP) is 4.83. The van der Waals surface area contributed by atoms with Crippen molar-refractivity contribution in [3.05, 3.63) is 63.6 Å². The number of likely N-dealkylation sites (N-methyl/N-ethyl adjacent to an activating group) is 1. The lowest BCUT2D eigenvalue weighted by atomic mass is 9.62. The van der Waals surface area contributed by atoms with Crippen molar-refractivity contribution in [3.63, 3.8) is 0 Å². The second kappa shape index (κ2) is 8.05. The number of benzene rings is 2. The molecule has 0 saturated carbocycles. The molecule has 2 aliphatic heterocycles. The third-order valence-corrected chi connectivity index (χ3v) is 7.05. The summed E-state index contributed by atoms with van der Waals surface area (Å²) in [4.78, 5) is 28.9. The summed E-state index contributed by atoms with van der Waals surface area (Å²) in [5, 5.41) is 7.83. The van der Waals surface area contributed by atoms with Crippen LogP contribution in [0.15, 0.2) is 42.5 Å². The number of hydrogen-bond acceptors (Lipinski definition) is 3. The lowest BCUT2D eigenvalue weighted by Crippen LogP contribution is -2.49. The molecular weight excluding hydrogens is 445 g/mol. The van der Waals surface area contributed by atoms with Gasteiger partial charge in [0.2, 0.25) is 11.8 Å². The number of amides is 2. The number of anilines is 1. The number of carbonyl (C=O) groups excluding carboxylic acids is 2. The van der Waals surface area contributed by atoms with E-state index >= 15 is 0 Å². The Hall–Kier alpha value is -2.08. The van der Waals surface area contributed by atoms with Gasteiger partial charge >= 0.3 is 0 Å². The lowest BCUT2D eigenvalue weighted by molar-refractivity contribution is -0.131. The first-order valence-corrected chi connectivity index (χ1v) is 11.5. The first kappa shape index (κ1) is 23.1. The lowest BCUT2D eigenvalue weighted by Gasteiger charge is -2.37. The summed E-state index contributed by atoms with van der Waals surface area (Å²) in [6.07, 6.45) is 0.712. The number of carbonyl (C=O) groups is 2. The molecular formula is C25H29Cl2N3O2. The van der Waals surface area contributed by atoms with Crippen molar-refractivity contribution in [2.45, 2.75) is 50.6 Å². The van der Waals surface area contributed by atoms with E-state index in [1.54, 1.807) is 25.1 Å². The number of halogens is 2. The normalized spacial score (nSPS) is 26.8. The second-order valence-corrected chi connectivity index (χ2v) is 11.1. The molecule has 2 N–H and O–H groups in total. The van der Waals surface area contributed by atoms with E-state index < -0.39 is 17.4 Å². The van der Waals surface area contributed by atoms with Gasteiger partial charge in [0, 0.05) is 41.8 Å². The van der Waals surface area contributed by atoms with Crippen LogP contribution >= 0.6 is 23.2 Å². The molecule has 4 atom stereocenters. The molecule has 1 saturated heterocycles. The zero-order chi connectivity index (χ0) is 23.4. The van der Waals surface area contributed by atoms with E-state index in [1.807, 2.05) is 36.4 Å². The van der Waals surface area contributed by atoms with Gasteiger partial charge in [-0.3, -0.25) is 9.59 Å². The van der Waals surface area contributed by atoms with Crippen molar-refractivity contribution in [1.29, 1.82) is 0 Å². The first-order valence-electron chi connectivity index (χ1n) is 10.8. The van der Waals surface area contributed by atoms with Crippen LogP contribution in [0.4, 0.5) is 5.69 Å². The Kier molecular flexibility index (Phi) is 5.81. The van der Waals surface area contributed by atoms with Crippen LogP contribution in [0.3, 0.4) is 0 Å². The van der Waals surface area contributed by atoms with Crippen LogP contribution in [0.5, 0.6) is 0 Å². The van der Waals surface area contributed by atoms with E-state index in [0.717, 1.165) is 11.1 Å². The molecule has 2 aromatic carbocycles. The van der Waals surface area contributed by atoms with Crippen molar-refractivity contribution in [1.82, 2.24) is 10.2 Å². The monoisotopic (exact) mass is 473 g/mol. The van der Waals surface area contributed by atoms with E-state index in [-0.39, 0.29) is 23.3 Å². The van der Waals surface area contributed by atoms with Gasteiger partial charge in [0.05, 0.1) is 6.04 Å². The first-order chi connectivity index (χ1) is 14.9. The molecule has 32 heavy (non-hydrogen) atoms. The van der Waals surface area contributed by atoms with Crippen molar-refractivity contribution < 1.29 is 9.59 Å². The van der Waals surface area contributed by atoms with E-state index in [1.165, 1.54) is 0 Å². The molecule has 7 heteroatoms. The van der Waals surface area contributed by atoms with Crippen LogP contribution in [-0.2, 0) is 15.0 Å². The smallest absolute Gasteiger partial charge is 0.239 e. The standard InChI is InChI=1S/C25H29Cl2N3O2/c1-24(2,3)13-19-25(17-11-10-16(27)12-18(17)28-23(25)32)20(14-6-8-15(26)9-7-14)21(29-19)22(31)30(4)5/h6-12,19-21,29H,13H2,1-5H3,(H,28,32)/t19-,20+,21-,25+/m1/s1. The Morgan fingerprint density at radius 1 is 1.06 bits per heavy atom. The minimum Gasteiger partial charge on any atom is -0.347 e. The number of hydrogen-bond donors (Lipinski definition) is 2. The number of rotatable bonds is 3. The molecule has 0 aliphatic carbocycles. The Bertz CT molecular complexity index is 1060. The van der Waals surface area contributed by atoms with Gasteiger partial charge in [-0.2, -0.15) is 0 Å². The zero-order valence-corrected chi connectivity index (χ0v) is 20.5. The number of nitrogens with zero attached hydrogens (tertiary/aromatic N) is 1. The molecule has 1 spiro atoms. The third kappa shape index (κ3) is 3.70. The highest BCUT2D eigenvalue weighted by molar-refractivity contribution is 6.31. The summed E-state index contributed by atoms with van der Waals surface area (Å²) in [5.41, 5.74) is 1.46. The predicted molar refractivity (Wildman–Crippen MR) is 129 cm³/mol. The molecule has 2 aliphatic rings. The van der Waals surface area contributed by atoms with Crippen LogP contribution < -0.4 is 10.6 Å². The minimum absolute atomic E-state index is 0.0593. The molecule has 4 rings (SSSR count). The molecule has 170 valence electrons. The van der Waals surface area contributed by atoms with E-state index in [0.29, 0.717) is 22.2 Å². The van der Waals surface area contributed by atoms with Gasteiger partial charge in [0.15, 0.2) is 0 Å². The summed E-state index contributed by atoms with van der Waals surface area (Å²) in [6.45, 7) is 6.45. The maximum atomic E-state index is 13.9. The van der Waals surface area contributed by atoms with Crippen molar-refractivity contribution >= 4 is 40.7 Å². The fraction of sp³-hybridized carbons (Fsp3) is 0.440. The van der Waals surface area contributed by atoms with Crippen molar-refractivity contribution in [2.24, 2.45) is 5.41 Å². The quantitative estimate of drug-likeness (QED) is 0.670. The van der Waals surface area contributed by atoms with Crippen LogP contribution in [0.25, 0.3) is 0 Å². The highest BCUT2D eigenvalue weighted by atomic mass is 35.5. The maximum absolute atomic E-state index is 13.9. The van der Waals surface area contributed by atoms with Gasteiger partial charge in [-0.05, 0) is 47.2 Å². The molecule has 2 heterocycles.